The van der Waals surface area contributed by atoms with Gasteiger partial charge in [-0.3, -0.25) is 4.79 Å². The van der Waals surface area contributed by atoms with Crippen LogP contribution in [-0.4, -0.2) is 23.5 Å². The van der Waals surface area contributed by atoms with Crippen molar-refractivity contribution in [2.45, 2.75) is 25.7 Å². The van der Waals surface area contributed by atoms with Gasteiger partial charge in [0.1, 0.15) is 5.82 Å². The number of anilines is 1. The van der Waals surface area contributed by atoms with Crippen molar-refractivity contribution in [1.29, 1.82) is 0 Å². The SMILES string of the molecule is NCCCCCC(=O)Nc1c(F)cccc1C(=O)O. The number of hydrogen-bond donors (Lipinski definition) is 3. The monoisotopic (exact) mass is 268 g/mol. The molecule has 4 N–H and O–H groups in total. The van der Waals surface area contributed by atoms with Crippen LogP contribution in [-0.2, 0) is 4.79 Å². The number of amides is 1. The van der Waals surface area contributed by atoms with E-state index in [1.807, 2.05) is 0 Å². The molecule has 0 radical (unpaired) electrons. The lowest BCUT2D eigenvalue weighted by Crippen LogP contribution is -2.15. The number of carboxylic acid groups (broad SMARTS) is 1. The molecule has 104 valence electrons. The number of benzene rings is 1. The van der Waals surface area contributed by atoms with Crippen molar-refractivity contribution >= 4 is 17.6 Å². The van der Waals surface area contributed by atoms with Crippen molar-refractivity contribution in [3.63, 3.8) is 0 Å². The number of halogens is 1. The van der Waals surface area contributed by atoms with E-state index >= 15 is 0 Å². The lowest BCUT2D eigenvalue weighted by atomic mass is 10.1. The first-order valence-corrected chi connectivity index (χ1v) is 6.08. The first-order valence-electron chi connectivity index (χ1n) is 6.08. The van der Waals surface area contributed by atoms with Gasteiger partial charge in [0.15, 0.2) is 0 Å². The predicted molar refractivity (Wildman–Crippen MR) is 69.5 cm³/mol. The molecule has 5 nitrogen and oxygen atoms in total. The first-order chi connectivity index (χ1) is 9.06. The summed E-state index contributed by atoms with van der Waals surface area (Å²) in [5.74, 6) is -2.43. The van der Waals surface area contributed by atoms with Crippen molar-refractivity contribution < 1.29 is 19.1 Å². The molecular formula is C13H17FN2O3. The third kappa shape index (κ3) is 4.67. The molecule has 0 fully saturated rings. The minimum atomic E-state index is -1.28. The Bertz CT molecular complexity index is 463. The van der Waals surface area contributed by atoms with Gasteiger partial charge in [0, 0.05) is 6.42 Å². The Morgan fingerprint density at radius 2 is 2.00 bits per heavy atom. The summed E-state index contributed by atoms with van der Waals surface area (Å²) in [6.45, 7) is 0.568. The fourth-order valence-electron chi connectivity index (χ4n) is 1.64. The number of nitrogens with two attached hydrogens (primary N) is 1. The van der Waals surface area contributed by atoms with E-state index in [2.05, 4.69) is 5.32 Å². The molecule has 0 aliphatic rings. The number of carbonyl (C=O) groups excluding carboxylic acids is 1. The van der Waals surface area contributed by atoms with Crippen LogP contribution in [0.15, 0.2) is 18.2 Å². The molecule has 19 heavy (non-hydrogen) atoms. The van der Waals surface area contributed by atoms with Gasteiger partial charge in [0.05, 0.1) is 11.3 Å². The summed E-state index contributed by atoms with van der Waals surface area (Å²) in [6, 6.07) is 3.64. The molecule has 0 aromatic heterocycles. The molecule has 0 aliphatic heterocycles. The zero-order chi connectivity index (χ0) is 14.3. The molecule has 0 spiro atoms. The molecule has 1 aromatic rings. The lowest BCUT2D eigenvalue weighted by molar-refractivity contribution is -0.116. The van der Waals surface area contributed by atoms with Crippen LogP contribution in [0, 0.1) is 5.82 Å². The highest BCUT2D eigenvalue weighted by molar-refractivity contribution is 6.00. The van der Waals surface area contributed by atoms with Crippen LogP contribution in [0.25, 0.3) is 0 Å². The highest BCUT2D eigenvalue weighted by Gasteiger charge is 2.16. The molecule has 0 bridgehead atoms. The van der Waals surface area contributed by atoms with E-state index in [0.29, 0.717) is 13.0 Å². The minimum absolute atomic E-state index is 0.216. The van der Waals surface area contributed by atoms with E-state index in [-0.39, 0.29) is 17.7 Å². The Morgan fingerprint density at radius 3 is 2.63 bits per heavy atom. The number of rotatable bonds is 7. The van der Waals surface area contributed by atoms with E-state index < -0.39 is 17.7 Å². The minimum Gasteiger partial charge on any atom is -0.478 e. The second-order valence-corrected chi connectivity index (χ2v) is 4.12. The summed E-state index contributed by atoms with van der Waals surface area (Å²) >= 11 is 0. The predicted octanol–water partition coefficient (Wildman–Crippen LogP) is 1.98. The fourth-order valence-corrected chi connectivity index (χ4v) is 1.64. The Balaban J connectivity index is 2.66. The number of carboxylic acids is 1. The lowest BCUT2D eigenvalue weighted by Gasteiger charge is -2.09. The van der Waals surface area contributed by atoms with E-state index in [1.165, 1.54) is 12.1 Å². The summed E-state index contributed by atoms with van der Waals surface area (Å²) in [5, 5.41) is 11.2. The van der Waals surface area contributed by atoms with Crippen LogP contribution in [0.3, 0.4) is 0 Å². The molecule has 0 saturated carbocycles. The normalized spacial score (nSPS) is 10.2. The van der Waals surface area contributed by atoms with Gasteiger partial charge in [-0.05, 0) is 31.5 Å². The summed E-state index contributed by atoms with van der Waals surface area (Å²) < 4.78 is 13.5. The van der Waals surface area contributed by atoms with Gasteiger partial charge in [0.25, 0.3) is 0 Å². The average Bonchev–Trinajstić information content (AvgIpc) is 2.37. The standard InChI is InChI=1S/C13H17FN2O3/c14-10-6-4-5-9(13(18)19)12(10)16-11(17)7-2-1-3-8-15/h4-6H,1-3,7-8,15H2,(H,16,17)(H,18,19). The van der Waals surface area contributed by atoms with Crippen LogP contribution < -0.4 is 11.1 Å². The van der Waals surface area contributed by atoms with Crippen molar-refractivity contribution in [2.24, 2.45) is 5.73 Å². The van der Waals surface area contributed by atoms with Gasteiger partial charge in [0.2, 0.25) is 5.91 Å². The van der Waals surface area contributed by atoms with E-state index in [4.69, 9.17) is 10.8 Å². The summed E-state index contributed by atoms with van der Waals surface area (Å²) in [6.07, 6.45) is 2.49. The molecular weight excluding hydrogens is 251 g/mol. The fraction of sp³-hybridized carbons (Fsp3) is 0.385. The molecule has 0 atom stereocenters. The third-order valence-corrected chi connectivity index (χ3v) is 2.62. The second kappa shape index (κ2) is 7.48. The van der Waals surface area contributed by atoms with E-state index in [1.54, 1.807) is 0 Å². The second-order valence-electron chi connectivity index (χ2n) is 4.12. The van der Waals surface area contributed by atoms with Gasteiger partial charge in [-0.1, -0.05) is 12.5 Å². The largest absolute Gasteiger partial charge is 0.478 e. The maximum atomic E-state index is 13.5. The molecule has 1 amide bonds. The number of unbranched alkanes of at least 4 members (excludes halogenated alkanes) is 2. The van der Waals surface area contributed by atoms with E-state index in [9.17, 15) is 14.0 Å². The summed E-state index contributed by atoms with van der Waals surface area (Å²) in [7, 11) is 0. The number of para-hydroxylation sites is 1. The maximum absolute atomic E-state index is 13.5. The first kappa shape index (κ1) is 15.1. The number of aromatic carboxylic acids is 1. The van der Waals surface area contributed by atoms with Gasteiger partial charge >= 0.3 is 5.97 Å². The topological polar surface area (TPSA) is 92.4 Å². The highest BCUT2D eigenvalue weighted by Crippen LogP contribution is 2.20. The van der Waals surface area contributed by atoms with Crippen molar-refractivity contribution in [3.8, 4) is 0 Å². The van der Waals surface area contributed by atoms with Crippen molar-refractivity contribution in [1.82, 2.24) is 0 Å². The molecule has 0 unspecified atom stereocenters. The quantitative estimate of drug-likeness (QED) is 0.659. The van der Waals surface area contributed by atoms with Crippen molar-refractivity contribution in [3.05, 3.63) is 29.6 Å². The molecule has 6 heteroatoms. The Hall–Kier alpha value is -1.95. The highest BCUT2D eigenvalue weighted by atomic mass is 19.1. The Morgan fingerprint density at radius 1 is 1.26 bits per heavy atom. The maximum Gasteiger partial charge on any atom is 0.337 e. The zero-order valence-electron chi connectivity index (χ0n) is 10.5. The van der Waals surface area contributed by atoms with Crippen LogP contribution in [0.1, 0.15) is 36.0 Å². The van der Waals surface area contributed by atoms with Gasteiger partial charge < -0.3 is 16.2 Å². The molecule has 1 aromatic carbocycles. The number of hydrogen-bond acceptors (Lipinski definition) is 3. The van der Waals surface area contributed by atoms with Crippen molar-refractivity contribution in [2.75, 3.05) is 11.9 Å². The van der Waals surface area contributed by atoms with Gasteiger partial charge in [-0.15, -0.1) is 0 Å². The van der Waals surface area contributed by atoms with Crippen LogP contribution in [0.5, 0.6) is 0 Å². The Kier molecular flexibility index (Phi) is 5.95. The smallest absolute Gasteiger partial charge is 0.337 e. The third-order valence-electron chi connectivity index (χ3n) is 2.62. The average molecular weight is 268 g/mol. The molecule has 0 heterocycles. The molecule has 1 rings (SSSR count). The van der Waals surface area contributed by atoms with Crippen LogP contribution in [0.2, 0.25) is 0 Å². The molecule has 0 aliphatic carbocycles. The number of carbonyl (C=O) groups is 2. The Labute approximate surface area is 110 Å². The number of nitrogens with one attached hydrogen (secondary N) is 1. The summed E-state index contributed by atoms with van der Waals surface area (Å²) in [4.78, 5) is 22.5. The van der Waals surface area contributed by atoms with Gasteiger partial charge in [-0.2, -0.15) is 0 Å². The molecule has 0 saturated heterocycles. The van der Waals surface area contributed by atoms with Gasteiger partial charge in [-0.25, -0.2) is 9.18 Å². The van der Waals surface area contributed by atoms with Crippen LogP contribution >= 0.6 is 0 Å². The summed E-state index contributed by atoms with van der Waals surface area (Å²) in [5.41, 5.74) is 4.79. The van der Waals surface area contributed by atoms with Crippen LogP contribution in [0.4, 0.5) is 10.1 Å². The van der Waals surface area contributed by atoms with E-state index in [0.717, 1.165) is 18.9 Å². The zero-order valence-corrected chi connectivity index (χ0v) is 10.5.